The van der Waals surface area contributed by atoms with Gasteiger partial charge in [-0.1, -0.05) is 6.07 Å². The Morgan fingerprint density at radius 3 is 2.50 bits per heavy atom. The summed E-state index contributed by atoms with van der Waals surface area (Å²) in [6.45, 7) is 0.464. The highest BCUT2D eigenvalue weighted by molar-refractivity contribution is 9.10. The molecular formula is C12H15BrF3NO. The second kappa shape index (κ2) is 6.43. The van der Waals surface area contributed by atoms with E-state index in [0.717, 1.165) is 10.0 Å². The quantitative estimate of drug-likeness (QED) is 0.815. The first-order chi connectivity index (χ1) is 8.31. The highest BCUT2D eigenvalue weighted by Gasteiger charge is 2.27. The number of ether oxygens (including phenoxy) is 1. The molecule has 0 radical (unpaired) electrons. The molecule has 0 heterocycles. The van der Waals surface area contributed by atoms with Crippen molar-refractivity contribution in [3.63, 3.8) is 0 Å². The van der Waals surface area contributed by atoms with Gasteiger partial charge in [0.1, 0.15) is 5.75 Å². The third-order valence-electron chi connectivity index (χ3n) is 2.45. The monoisotopic (exact) mass is 325 g/mol. The van der Waals surface area contributed by atoms with Crippen molar-refractivity contribution in [2.45, 2.75) is 19.1 Å². The van der Waals surface area contributed by atoms with E-state index in [0.29, 0.717) is 12.3 Å². The zero-order chi connectivity index (χ0) is 13.8. The molecule has 0 saturated heterocycles. The van der Waals surface area contributed by atoms with Crippen LogP contribution in [0.2, 0.25) is 0 Å². The summed E-state index contributed by atoms with van der Waals surface area (Å²) in [5.74, 6) is 0.705. The third kappa shape index (κ3) is 5.27. The van der Waals surface area contributed by atoms with Gasteiger partial charge in [0.2, 0.25) is 0 Å². The maximum Gasteiger partial charge on any atom is 0.390 e. The molecule has 0 aliphatic carbocycles. The molecule has 0 N–H and O–H groups in total. The minimum absolute atomic E-state index is 0.00680. The van der Waals surface area contributed by atoms with Gasteiger partial charge >= 0.3 is 6.18 Å². The molecule has 0 atom stereocenters. The maximum absolute atomic E-state index is 12.1. The second-order valence-corrected chi connectivity index (χ2v) is 4.93. The van der Waals surface area contributed by atoms with Crippen molar-refractivity contribution in [1.29, 1.82) is 0 Å². The van der Waals surface area contributed by atoms with Crippen LogP contribution in [0.15, 0.2) is 22.7 Å². The number of nitrogens with zero attached hydrogens (tertiary/aromatic N) is 1. The van der Waals surface area contributed by atoms with Crippen molar-refractivity contribution in [2.24, 2.45) is 0 Å². The highest BCUT2D eigenvalue weighted by atomic mass is 79.9. The predicted octanol–water partition coefficient (Wildman–Crippen LogP) is 3.84. The van der Waals surface area contributed by atoms with E-state index in [1.165, 1.54) is 0 Å². The largest absolute Gasteiger partial charge is 0.496 e. The summed E-state index contributed by atoms with van der Waals surface area (Å²) >= 11 is 3.34. The number of benzene rings is 1. The Morgan fingerprint density at radius 1 is 1.33 bits per heavy atom. The van der Waals surface area contributed by atoms with Crippen LogP contribution in [0.3, 0.4) is 0 Å². The van der Waals surface area contributed by atoms with Crippen LogP contribution in [0.4, 0.5) is 13.2 Å². The van der Waals surface area contributed by atoms with E-state index >= 15 is 0 Å². The molecule has 6 heteroatoms. The molecule has 0 fully saturated rings. The molecule has 1 rings (SSSR count). The minimum Gasteiger partial charge on any atom is -0.496 e. The first-order valence-corrected chi connectivity index (χ1v) is 6.19. The van der Waals surface area contributed by atoms with Gasteiger partial charge in [-0.2, -0.15) is 13.2 Å². The fourth-order valence-electron chi connectivity index (χ4n) is 1.52. The molecule has 102 valence electrons. The van der Waals surface area contributed by atoms with Crippen LogP contribution < -0.4 is 4.74 Å². The molecule has 0 amide bonds. The third-order valence-corrected chi connectivity index (χ3v) is 3.07. The van der Waals surface area contributed by atoms with E-state index in [1.807, 2.05) is 12.1 Å². The number of hydrogen-bond acceptors (Lipinski definition) is 2. The van der Waals surface area contributed by atoms with E-state index in [2.05, 4.69) is 15.9 Å². The minimum atomic E-state index is -4.10. The summed E-state index contributed by atoms with van der Waals surface area (Å²) in [4.78, 5) is 1.64. The molecule has 0 saturated carbocycles. The van der Waals surface area contributed by atoms with Crippen molar-refractivity contribution < 1.29 is 17.9 Å². The first-order valence-electron chi connectivity index (χ1n) is 5.39. The van der Waals surface area contributed by atoms with Crippen molar-refractivity contribution in [3.8, 4) is 5.75 Å². The van der Waals surface area contributed by atoms with Gasteiger partial charge in [0.05, 0.1) is 18.0 Å². The fraction of sp³-hybridized carbons (Fsp3) is 0.500. The van der Waals surface area contributed by atoms with E-state index in [9.17, 15) is 13.2 Å². The van der Waals surface area contributed by atoms with Gasteiger partial charge < -0.3 is 9.64 Å². The Morgan fingerprint density at radius 2 is 2.00 bits per heavy atom. The topological polar surface area (TPSA) is 12.5 Å². The summed E-state index contributed by atoms with van der Waals surface area (Å²) in [5.41, 5.74) is 0.937. The second-order valence-electron chi connectivity index (χ2n) is 4.07. The lowest BCUT2D eigenvalue weighted by Crippen LogP contribution is -2.24. The number of methoxy groups -OCH3 is 1. The van der Waals surface area contributed by atoms with Crippen molar-refractivity contribution in [1.82, 2.24) is 4.90 Å². The molecule has 0 aliphatic rings. The van der Waals surface area contributed by atoms with Crippen LogP contribution in [0.1, 0.15) is 12.0 Å². The zero-order valence-corrected chi connectivity index (χ0v) is 11.8. The van der Waals surface area contributed by atoms with Crippen LogP contribution >= 0.6 is 15.9 Å². The molecule has 0 aromatic heterocycles. The van der Waals surface area contributed by atoms with Crippen LogP contribution in [0.5, 0.6) is 5.75 Å². The van der Waals surface area contributed by atoms with E-state index in [4.69, 9.17) is 4.74 Å². The summed E-state index contributed by atoms with van der Waals surface area (Å²) in [7, 11) is 3.24. The smallest absolute Gasteiger partial charge is 0.390 e. The Labute approximate surface area is 113 Å². The van der Waals surface area contributed by atoms with Gasteiger partial charge in [-0.25, -0.2) is 0 Å². The average Bonchev–Trinajstić information content (AvgIpc) is 2.26. The Balaban J connectivity index is 2.54. The van der Waals surface area contributed by atoms with Gasteiger partial charge in [-0.15, -0.1) is 0 Å². The molecule has 0 unspecified atom stereocenters. The molecular weight excluding hydrogens is 311 g/mol. The SMILES string of the molecule is COc1ccc(CN(C)CCC(F)(F)F)cc1Br. The van der Waals surface area contributed by atoms with E-state index in [-0.39, 0.29) is 6.54 Å². The fourth-order valence-corrected chi connectivity index (χ4v) is 2.10. The number of rotatable bonds is 5. The molecule has 1 aromatic carbocycles. The highest BCUT2D eigenvalue weighted by Crippen LogP contribution is 2.26. The Hall–Kier alpha value is -0.750. The average molecular weight is 326 g/mol. The van der Waals surface area contributed by atoms with Gasteiger partial charge in [0.25, 0.3) is 0 Å². The summed E-state index contributed by atoms with van der Waals surface area (Å²) in [6, 6.07) is 5.48. The van der Waals surface area contributed by atoms with Gasteiger partial charge in [0.15, 0.2) is 0 Å². The lowest BCUT2D eigenvalue weighted by Gasteiger charge is -2.18. The van der Waals surface area contributed by atoms with Crippen LogP contribution in [-0.2, 0) is 6.54 Å². The Bertz CT molecular complexity index is 395. The van der Waals surface area contributed by atoms with Crippen LogP contribution in [-0.4, -0.2) is 31.8 Å². The van der Waals surface area contributed by atoms with E-state index < -0.39 is 12.6 Å². The lowest BCUT2D eigenvalue weighted by atomic mass is 10.2. The predicted molar refractivity (Wildman–Crippen MR) is 67.7 cm³/mol. The van der Waals surface area contributed by atoms with Crippen LogP contribution in [0, 0.1) is 0 Å². The van der Waals surface area contributed by atoms with E-state index in [1.54, 1.807) is 25.1 Å². The van der Waals surface area contributed by atoms with Gasteiger partial charge in [-0.3, -0.25) is 0 Å². The lowest BCUT2D eigenvalue weighted by molar-refractivity contribution is -0.137. The summed E-state index contributed by atoms with van der Waals surface area (Å²) in [6.07, 6.45) is -4.89. The standard InChI is InChI=1S/C12H15BrF3NO/c1-17(6-5-12(14,15)16)8-9-3-4-11(18-2)10(13)7-9/h3-4,7H,5-6,8H2,1-2H3. The normalized spacial score (nSPS) is 11.9. The number of hydrogen-bond donors (Lipinski definition) is 0. The number of alkyl halides is 3. The van der Waals surface area contributed by atoms with Crippen molar-refractivity contribution >= 4 is 15.9 Å². The van der Waals surface area contributed by atoms with Crippen LogP contribution in [0.25, 0.3) is 0 Å². The van der Waals surface area contributed by atoms with Gasteiger partial charge in [0, 0.05) is 13.1 Å². The summed E-state index contributed by atoms with van der Waals surface area (Å²) < 4.78 is 42.1. The first kappa shape index (κ1) is 15.3. The van der Waals surface area contributed by atoms with Crippen molar-refractivity contribution in [2.75, 3.05) is 20.7 Å². The summed E-state index contributed by atoms with van der Waals surface area (Å²) in [5, 5.41) is 0. The molecule has 18 heavy (non-hydrogen) atoms. The molecule has 1 aromatic rings. The van der Waals surface area contributed by atoms with Crippen molar-refractivity contribution in [3.05, 3.63) is 28.2 Å². The van der Waals surface area contributed by atoms with Gasteiger partial charge in [-0.05, 0) is 40.7 Å². The maximum atomic E-state index is 12.1. The Kier molecular flexibility index (Phi) is 5.47. The molecule has 0 bridgehead atoms. The zero-order valence-electron chi connectivity index (χ0n) is 10.2. The molecule has 0 spiro atoms. The molecule has 2 nitrogen and oxygen atoms in total. The molecule has 0 aliphatic heterocycles. The number of halogens is 4.